The van der Waals surface area contributed by atoms with Crippen LogP contribution in [0.3, 0.4) is 0 Å². The van der Waals surface area contributed by atoms with Gasteiger partial charge >= 0.3 is 0 Å². The summed E-state index contributed by atoms with van der Waals surface area (Å²) >= 11 is 1.65. The van der Waals surface area contributed by atoms with Crippen LogP contribution < -0.4 is 0 Å². The zero-order valence-electron chi connectivity index (χ0n) is 8.23. The lowest BCUT2D eigenvalue weighted by atomic mass is 9.98. The van der Waals surface area contributed by atoms with E-state index >= 15 is 0 Å². The van der Waals surface area contributed by atoms with Crippen molar-refractivity contribution in [3.8, 4) is 0 Å². The molecule has 2 rings (SSSR count). The van der Waals surface area contributed by atoms with Crippen LogP contribution in [0.2, 0.25) is 0 Å². The summed E-state index contributed by atoms with van der Waals surface area (Å²) in [6.07, 6.45) is 1.73. The van der Waals surface area contributed by atoms with E-state index in [1.165, 1.54) is 0 Å². The summed E-state index contributed by atoms with van der Waals surface area (Å²) in [5.41, 5.74) is 0. The van der Waals surface area contributed by atoms with Gasteiger partial charge in [0.15, 0.2) is 0 Å². The normalized spacial score (nSPS) is 26.6. The molecule has 2 atom stereocenters. The average Bonchev–Trinajstić information content (AvgIpc) is 2.75. The minimum absolute atomic E-state index is 0.132. The number of hydrogen-bond donors (Lipinski definition) is 0. The highest BCUT2D eigenvalue weighted by Gasteiger charge is 2.27. The summed E-state index contributed by atoms with van der Waals surface area (Å²) in [5, 5.41) is 2.01. The number of Topliss-reactive ketones (excluding diaryl/α,β-unsaturated/α-hetero) is 1. The van der Waals surface area contributed by atoms with Crippen LogP contribution in [-0.2, 0) is 16.0 Å². The smallest absolute Gasteiger partial charge is 0.143 e. The van der Waals surface area contributed by atoms with Gasteiger partial charge in [0.1, 0.15) is 5.78 Å². The van der Waals surface area contributed by atoms with E-state index in [1.54, 1.807) is 11.3 Å². The molecule has 0 N–H and O–H groups in total. The standard InChI is InChI=1S/C11H14O2S/c1-8-5-9(7-13-8)11(12)6-10-3-2-4-14-10/h2-4,8-9H,5-7H2,1H3. The molecule has 0 bridgehead atoms. The molecule has 14 heavy (non-hydrogen) atoms. The second-order valence-electron chi connectivity index (χ2n) is 3.80. The largest absolute Gasteiger partial charge is 0.378 e. The fraction of sp³-hybridized carbons (Fsp3) is 0.545. The van der Waals surface area contributed by atoms with Crippen LogP contribution in [0.5, 0.6) is 0 Å². The molecule has 0 amide bonds. The highest BCUT2D eigenvalue weighted by molar-refractivity contribution is 7.10. The molecule has 2 heterocycles. The minimum atomic E-state index is 0.132. The highest BCUT2D eigenvalue weighted by Crippen LogP contribution is 2.22. The zero-order chi connectivity index (χ0) is 9.97. The number of hydrogen-bond acceptors (Lipinski definition) is 3. The monoisotopic (exact) mass is 210 g/mol. The van der Waals surface area contributed by atoms with E-state index in [-0.39, 0.29) is 12.0 Å². The van der Waals surface area contributed by atoms with Crippen molar-refractivity contribution in [3.63, 3.8) is 0 Å². The van der Waals surface area contributed by atoms with Crippen molar-refractivity contribution in [2.75, 3.05) is 6.61 Å². The first-order valence-corrected chi connectivity index (χ1v) is 5.80. The Kier molecular flexibility index (Phi) is 2.99. The summed E-state index contributed by atoms with van der Waals surface area (Å²) in [7, 11) is 0. The van der Waals surface area contributed by atoms with Crippen LogP contribution in [0.4, 0.5) is 0 Å². The Morgan fingerprint density at radius 2 is 2.57 bits per heavy atom. The molecule has 1 saturated heterocycles. The van der Waals surface area contributed by atoms with Gasteiger partial charge < -0.3 is 4.74 Å². The molecule has 0 radical (unpaired) electrons. The number of ketones is 1. The Morgan fingerprint density at radius 3 is 3.14 bits per heavy atom. The molecule has 3 heteroatoms. The first kappa shape index (κ1) is 9.87. The molecule has 1 fully saturated rings. The summed E-state index contributed by atoms with van der Waals surface area (Å²) in [4.78, 5) is 12.9. The van der Waals surface area contributed by atoms with E-state index in [2.05, 4.69) is 0 Å². The maximum absolute atomic E-state index is 11.8. The lowest BCUT2D eigenvalue weighted by molar-refractivity contribution is -0.122. The number of rotatable bonds is 3. The second-order valence-corrected chi connectivity index (χ2v) is 4.83. The molecule has 1 aliphatic heterocycles. The molecular weight excluding hydrogens is 196 g/mol. The van der Waals surface area contributed by atoms with Gasteiger partial charge in [-0.3, -0.25) is 4.79 Å². The Hall–Kier alpha value is -0.670. The topological polar surface area (TPSA) is 26.3 Å². The molecule has 0 aliphatic carbocycles. The summed E-state index contributed by atoms with van der Waals surface area (Å²) in [5.74, 6) is 0.462. The number of carbonyl (C=O) groups excluding carboxylic acids is 1. The van der Waals surface area contributed by atoms with E-state index in [9.17, 15) is 4.79 Å². The van der Waals surface area contributed by atoms with E-state index in [0.29, 0.717) is 18.8 Å². The molecule has 2 nitrogen and oxygen atoms in total. The van der Waals surface area contributed by atoms with Gasteiger partial charge in [0, 0.05) is 17.2 Å². The predicted molar refractivity (Wildman–Crippen MR) is 56.6 cm³/mol. The van der Waals surface area contributed by atoms with Crippen molar-refractivity contribution in [2.24, 2.45) is 5.92 Å². The van der Waals surface area contributed by atoms with Gasteiger partial charge in [0.05, 0.1) is 12.7 Å². The van der Waals surface area contributed by atoms with Crippen molar-refractivity contribution in [1.82, 2.24) is 0 Å². The third-order valence-electron chi connectivity index (χ3n) is 2.58. The number of ether oxygens (including phenoxy) is 1. The van der Waals surface area contributed by atoms with Crippen LogP contribution in [0.15, 0.2) is 17.5 Å². The van der Waals surface area contributed by atoms with Gasteiger partial charge in [0.25, 0.3) is 0 Å². The molecule has 2 unspecified atom stereocenters. The van der Waals surface area contributed by atoms with E-state index < -0.39 is 0 Å². The molecule has 0 spiro atoms. The van der Waals surface area contributed by atoms with Gasteiger partial charge in [-0.2, -0.15) is 0 Å². The molecule has 76 valence electrons. The van der Waals surface area contributed by atoms with Crippen LogP contribution in [-0.4, -0.2) is 18.5 Å². The molecule has 1 aliphatic rings. The summed E-state index contributed by atoms with van der Waals surface area (Å²) in [6.45, 7) is 2.64. The number of carbonyl (C=O) groups is 1. The van der Waals surface area contributed by atoms with Crippen LogP contribution in [0.1, 0.15) is 18.2 Å². The third-order valence-corrected chi connectivity index (χ3v) is 3.46. The van der Waals surface area contributed by atoms with Crippen LogP contribution in [0, 0.1) is 5.92 Å². The summed E-state index contributed by atoms with van der Waals surface area (Å²) < 4.78 is 5.39. The highest BCUT2D eigenvalue weighted by atomic mass is 32.1. The van der Waals surface area contributed by atoms with E-state index in [4.69, 9.17) is 4.74 Å². The van der Waals surface area contributed by atoms with Crippen molar-refractivity contribution < 1.29 is 9.53 Å². The first-order chi connectivity index (χ1) is 6.75. The molecule has 1 aromatic rings. The van der Waals surface area contributed by atoms with Crippen molar-refractivity contribution in [3.05, 3.63) is 22.4 Å². The third kappa shape index (κ3) is 2.22. The lowest BCUT2D eigenvalue weighted by Crippen LogP contribution is -2.16. The Labute approximate surface area is 87.9 Å². The van der Waals surface area contributed by atoms with Gasteiger partial charge in [-0.1, -0.05) is 6.07 Å². The van der Waals surface area contributed by atoms with E-state index in [0.717, 1.165) is 11.3 Å². The maximum atomic E-state index is 11.8. The van der Waals surface area contributed by atoms with Crippen molar-refractivity contribution in [1.29, 1.82) is 0 Å². The van der Waals surface area contributed by atoms with Gasteiger partial charge in [-0.25, -0.2) is 0 Å². The Bertz CT molecular complexity index is 305. The lowest BCUT2D eigenvalue weighted by Gasteiger charge is -2.04. The zero-order valence-corrected chi connectivity index (χ0v) is 9.05. The molecular formula is C11H14O2S. The minimum Gasteiger partial charge on any atom is -0.378 e. The van der Waals surface area contributed by atoms with Crippen LogP contribution >= 0.6 is 11.3 Å². The van der Waals surface area contributed by atoms with Crippen LogP contribution in [0.25, 0.3) is 0 Å². The fourth-order valence-corrected chi connectivity index (χ4v) is 2.49. The Balaban J connectivity index is 1.90. The van der Waals surface area contributed by atoms with Crippen molar-refractivity contribution in [2.45, 2.75) is 25.9 Å². The molecule has 1 aromatic heterocycles. The Morgan fingerprint density at radius 1 is 1.71 bits per heavy atom. The fourth-order valence-electron chi connectivity index (χ4n) is 1.77. The maximum Gasteiger partial charge on any atom is 0.143 e. The average molecular weight is 210 g/mol. The van der Waals surface area contributed by atoms with E-state index in [1.807, 2.05) is 24.4 Å². The molecule has 0 aromatic carbocycles. The predicted octanol–water partition coefficient (Wildman–Crippen LogP) is 2.28. The van der Waals surface area contributed by atoms with Gasteiger partial charge in [-0.15, -0.1) is 11.3 Å². The SMILES string of the molecule is CC1CC(C(=O)Cc2cccs2)CO1. The quantitative estimate of drug-likeness (QED) is 0.765. The number of thiophene rings is 1. The van der Waals surface area contributed by atoms with Gasteiger partial charge in [0.2, 0.25) is 0 Å². The van der Waals surface area contributed by atoms with Crippen molar-refractivity contribution >= 4 is 17.1 Å². The first-order valence-electron chi connectivity index (χ1n) is 4.92. The summed E-state index contributed by atoms with van der Waals surface area (Å²) in [6, 6.07) is 4.00. The second kappa shape index (κ2) is 4.24. The molecule has 0 saturated carbocycles. The van der Waals surface area contributed by atoms with Gasteiger partial charge in [-0.05, 0) is 24.8 Å².